The molecule has 160 valence electrons. The van der Waals surface area contributed by atoms with E-state index in [1.54, 1.807) is 27.9 Å². The topological polar surface area (TPSA) is 104 Å². The number of methoxy groups -OCH3 is 1. The lowest BCUT2D eigenvalue weighted by Gasteiger charge is -2.18. The molecular formula is C20H27N7O3. The standard InChI is InChI=1S/C20H27N7O3/c1-25(2)19-22-16(23-20(24-19)26(3)4)11-21-18(29)13-9-17(28)27(12-13)14-7-6-8-15(10-14)30-5/h6-8,10,13H,9,11-12H2,1-5H3,(H,21,29). The molecule has 2 heterocycles. The SMILES string of the molecule is COc1cccc(N2CC(C(=O)NCc3nc(N(C)C)nc(N(C)C)n3)CC2=O)c1. The molecule has 1 unspecified atom stereocenters. The van der Waals surface area contributed by atoms with Crippen molar-refractivity contribution in [3.8, 4) is 5.75 Å². The van der Waals surface area contributed by atoms with Crippen LogP contribution in [0.1, 0.15) is 12.2 Å². The Morgan fingerprint density at radius 2 is 1.83 bits per heavy atom. The van der Waals surface area contributed by atoms with Crippen LogP contribution in [0.3, 0.4) is 0 Å². The van der Waals surface area contributed by atoms with Gasteiger partial charge in [-0.05, 0) is 12.1 Å². The van der Waals surface area contributed by atoms with Crippen LogP contribution < -0.4 is 24.8 Å². The van der Waals surface area contributed by atoms with Gasteiger partial charge in [0.15, 0.2) is 5.82 Å². The summed E-state index contributed by atoms with van der Waals surface area (Å²) in [5, 5.41) is 2.86. The van der Waals surface area contributed by atoms with Gasteiger partial charge in [0.2, 0.25) is 23.7 Å². The summed E-state index contributed by atoms with van der Waals surface area (Å²) in [5.41, 5.74) is 0.721. The fourth-order valence-corrected chi connectivity index (χ4v) is 3.10. The summed E-state index contributed by atoms with van der Waals surface area (Å²) in [6, 6.07) is 7.25. The molecule has 0 saturated carbocycles. The number of hydrogen-bond acceptors (Lipinski definition) is 8. The first-order valence-electron chi connectivity index (χ1n) is 9.60. The van der Waals surface area contributed by atoms with Crippen LogP contribution in [0.2, 0.25) is 0 Å². The third-order valence-electron chi connectivity index (χ3n) is 4.74. The Bertz CT molecular complexity index is 906. The summed E-state index contributed by atoms with van der Waals surface area (Å²) in [5.74, 6) is 1.42. The Morgan fingerprint density at radius 1 is 1.17 bits per heavy atom. The van der Waals surface area contributed by atoms with Crippen molar-refractivity contribution in [2.24, 2.45) is 5.92 Å². The number of carbonyl (C=O) groups is 2. The van der Waals surface area contributed by atoms with E-state index < -0.39 is 5.92 Å². The third-order valence-corrected chi connectivity index (χ3v) is 4.74. The molecule has 2 aromatic rings. The molecule has 10 heteroatoms. The van der Waals surface area contributed by atoms with Gasteiger partial charge in [0.05, 0.1) is 19.6 Å². The summed E-state index contributed by atoms with van der Waals surface area (Å²) in [6.45, 7) is 0.480. The Balaban J connectivity index is 1.66. The summed E-state index contributed by atoms with van der Waals surface area (Å²) in [6.07, 6.45) is 0.159. The highest BCUT2D eigenvalue weighted by Gasteiger charge is 2.35. The minimum atomic E-state index is -0.438. The number of nitrogens with one attached hydrogen (secondary N) is 1. The van der Waals surface area contributed by atoms with Crippen molar-refractivity contribution < 1.29 is 14.3 Å². The zero-order chi connectivity index (χ0) is 21.8. The van der Waals surface area contributed by atoms with Crippen LogP contribution in [0.15, 0.2) is 24.3 Å². The molecule has 30 heavy (non-hydrogen) atoms. The van der Waals surface area contributed by atoms with Crippen molar-refractivity contribution in [3.05, 3.63) is 30.1 Å². The van der Waals surface area contributed by atoms with Crippen molar-refractivity contribution in [3.63, 3.8) is 0 Å². The first-order valence-corrected chi connectivity index (χ1v) is 9.60. The number of nitrogens with zero attached hydrogens (tertiary/aromatic N) is 6. The molecule has 1 N–H and O–H groups in total. The van der Waals surface area contributed by atoms with E-state index in [4.69, 9.17) is 4.74 Å². The maximum atomic E-state index is 12.7. The molecule has 1 fully saturated rings. The normalized spacial score (nSPS) is 15.8. The Kier molecular flexibility index (Phi) is 6.34. The molecule has 0 bridgehead atoms. The molecule has 10 nitrogen and oxygen atoms in total. The number of ether oxygens (including phenoxy) is 1. The van der Waals surface area contributed by atoms with Gasteiger partial charge >= 0.3 is 0 Å². The Morgan fingerprint density at radius 3 is 2.43 bits per heavy atom. The predicted molar refractivity (Wildman–Crippen MR) is 114 cm³/mol. The van der Waals surface area contributed by atoms with Gasteiger partial charge in [-0.15, -0.1) is 0 Å². The van der Waals surface area contributed by atoms with Crippen LogP contribution in [-0.4, -0.2) is 68.6 Å². The quantitative estimate of drug-likeness (QED) is 0.707. The van der Waals surface area contributed by atoms with Gasteiger partial charge in [0.25, 0.3) is 0 Å². The number of anilines is 3. The molecule has 1 aromatic heterocycles. The van der Waals surface area contributed by atoms with Crippen molar-refractivity contribution >= 4 is 29.4 Å². The van der Waals surface area contributed by atoms with E-state index in [0.717, 1.165) is 5.69 Å². The van der Waals surface area contributed by atoms with Gasteiger partial charge in [-0.1, -0.05) is 6.07 Å². The first kappa shape index (κ1) is 21.3. The van der Waals surface area contributed by atoms with Crippen LogP contribution in [0.25, 0.3) is 0 Å². The van der Waals surface area contributed by atoms with Gasteiger partial charge in [0.1, 0.15) is 5.75 Å². The number of rotatable bonds is 7. The van der Waals surface area contributed by atoms with E-state index in [-0.39, 0.29) is 24.8 Å². The minimum absolute atomic E-state index is 0.0895. The van der Waals surface area contributed by atoms with Crippen LogP contribution >= 0.6 is 0 Å². The molecule has 0 spiro atoms. The van der Waals surface area contributed by atoms with Crippen molar-refractivity contribution in [2.45, 2.75) is 13.0 Å². The lowest BCUT2D eigenvalue weighted by Crippen LogP contribution is -2.33. The molecule has 1 saturated heterocycles. The second-order valence-corrected chi connectivity index (χ2v) is 7.47. The van der Waals surface area contributed by atoms with Gasteiger partial charge in [-0.25, -0.2) is 0 Å². The monoisotopic (exact) mass is 413 g/mol. The van der Waals surface area contributed by atoms with Crippen molar-refractivity contribution in [2.75, 3.05) is 56.5 Å². The van der Waals surface area contributed by atoms with Crippen LogP contribution in [0, 0.1) is 5.92 Å². The molecule has 2 amide bonds. The Labute approximate surface area is 175 Å². The smallest absolute Gasteiger partial charge is 0.229 e. The number of amides is 2. The molecule has 0 aliphatic carbocycles. The zero-order valence-electron chi connectivity index (χ0n) is 17.9. The maximum absolute atomic E-state index is 12.7. The molecule has 1 aliphatic rings. The van der Waals surface area contributed by atoms with Gasteiger partial charge in [-0.2, -0.15) is 15.0 Å². The van der Waals surface area contributed by atoms with Gasteiger partial charge in [-0.3, -0.25) is 9.59 Å². The van der Waals surface area contributed by atoms with Gasteiger partial charge < -0.3 is 24.8 Å². The van der Waals surface area contributed by atoms with E-state index in [1.165, 1.54) is 0 Å². The number of carbonyl (C=O) groups excluding carboxylic acids is 2. The second kappa shape index (κ2) is 8.93. The largest absolute Gasteiger partial charge is 0.497 e. The fraction of sp³-hybridized carbons (Fsp3) is 0.450. The van der Waals surface area contributed by atoms with Crippen molar-refractivity contribution in [1.82, 2.24) is 20.3 Å². The highest BCUT2D eigenvalue weighted by molar-refractivity contribution is 6.00. The van der Waals surface area contributed by atoms with E-state index in [9.17, 15) is 9.59 Å². The molecule has 0 radical (unpaired) electrons. The van der Waals surface area contributed by atoms with Crippen LogP contribution in [0.5, 0.6) is 5.75 Å². The van der Waals surface area contributed by atoms with Crippen LogP contribution in [0.4, 0.5) is 17.6 Å². The van der Waals surface area contributed by atoms with E-state index in [0.29, 0.717) is 30.0 Å². The zero-order valence-corrected chi connectivity index (χ0v) is 17.9. The Hall–Kier alpha value is -3.43. The predicted octanol–water partition coefficient (Wildman–Crippen LogP) is 0.682. The minimum Gasteiger partial charge on any atom is -0.497 e. The van der Waals surface area contributed by atoms with Gasteiger partial charge in [0, 0.05) is 52.9 Å². The highest BCUT2D eigenvalue weighted by Crippen LogP contribution is 2.28. The molecular weight excluding hydrogens is 386 g/mol. The van der Waals surface area contributed by atoms with Crippen molar-refractivity contribution in [1.29, 1.82) is 0 Å². The molecule has 1 aromatic carbocycles. The average Bonchev–Trinajstić information content (AvgIpc) is 3.13. The molecule has 3 rings (SSSR count). The van der Waals surface area contributed by atoms with E-state index in [1.807, 2.05) is 46.4 Å². The molecule has 1 aliphatic heterocycles. The summed E-state index contributed by atoms with van der Waals surface area (Å²) < 4.78 is 5.22. The van der Waals surface area contributed by atoms with Crippen LogP contribution in [-0.2, 0) is 16.1 Å². The van der Waals surface area contributed by atoms with E-state index >= 15 is 0 Å². The first-order chi connectivity index (χ1) is 14.3. The summed E-state index contributed by atoms with van der Waals surface area (Å²) in [7, 11) is 8.94. The fourth-order valence-electron chi connectivity index (χ4n) is 3.10. The maximum Gasteiger partial charge on any atom is 0.229 e. The second-order valence-electron chi connectivity index (χ2n) is 7.47. The lowest BCUT2D eigenvalue weighted by molar-refractivity contribution is -0.126. The number of benzene rings is 1. The van der Waals surface area contributed by atoms with E-state index in [2.05, 4.69) is 20.3 Å². The summed E-state index contributed by atoms with van der Waals surface area (Å²) in [4.78, 5) is 43.5. The average molecular weight is 413 g/mol. The molecule has 1 atom stereocenters. The summed E-state index contributed by atoms with van der Waals surface area (Å²) >= 11 is 0. The lowest BCUT2D eigenvalue weighted by atomic mass is 10.1. The third kappa shape index (κ3) is 4.76. The number of aromatic nitrogens is 3. The number of hydrogen-bond donors (Lipinski definition) is 1. The highest BCUT2D eigenvalue weighted by atomic mass is 16.5.